The van der Waals surface area contributed by atoms with Crippen molar-refractivity contribution in [1.29, 1.82) is 0 Å². The number of nitrogens with zero attached hydrogens (tertiary/aromatic N) is 5. The van der Waals surface area contributed by atoms with E-state index >= 15 is 0 Å². The van der Waals surface area contributed by atoms with Crippen LogP contribution >= 0.6 is 0 Å². The van der Waals surface area contributed by atoms with Gasteiger partial charge < -0.3 is 5.73 Å². The second-order valence-electron chi connectivity index (χ2n) is 4.07. The Bertz CT molecular complexity index is 433. The Labute approximate surface area is 100 Å². The highest BCUT2D eigenvalue weighted by Gasteiger charge is 2.09. The summed E-state index contributed by atoms with van der Waals surface area (Å²) in [6.07, 6.45) is 7.62. The largest absolute Gasteiger partial charge is 0.323 e. The standard InChI is InChI=1S/C11H18N6/c1-2-4-10(12)11-9-17(15-14-11)8-7-16-6-3-5-13-16/h3,5-6,9-10H,2,4,7-8,12H2,1H3. The number of rotatable bonds is 6. The molecule has 0 fully saturated rings. The summed E-state index contributed by atoms with van der Waals surface area (Å²) in [7, 11) is 0. The van der Waals surface area contributed by atoms with Crippen LogP contribution in [0.4, 0.5) is 0 Å². The first-order valence-corrected chi connectivity index (χ1v) is 5.92. The van der Waals surface area contributed by atoms with E-state index in [1.165, 1.54) is 0 Å². The SMILES string of the molecule is CCCC(N)c1cn(CCn2cccn2)nn1. The van der Waals surface area contributed by atoms with E-state index in [0.717, 1.165) is 31.6 Å². The van der Waals surface area contributed by atoms with Crippen LogP contribution in [0.25, 0.3) is 0 Å². The van der Waals surface area contributed by atoms with Crippen LogP contribution in [0.5, 0.6) is 0 Å². The van der Waals surface area contributed by atoms with Crippen LogP contribution in [0, 0.1) is 0 Å². The fourth-order valence-electron chi connectivity index (χ4n) is 1.69. The van der Waals surface area contributed by atoms with Gasteiger partial charge in [0.1, 0.15) is 0 Å². The highest BCUT2D eigenvalue weighted by molar-refractivity contribution is 4.99. The van der Waals surface area contributed by atoms with E-state index < -0.39 is 0 Å². The van der Waals surface area contributed by atoms with Gasteiger partial charge in [0, 0.05) is 12.4 Å². The van der Waals surface area contributed by atoms with Crippen LogP contribution in [0.3, 0.4) is 0 Å². The smallest absolute Gasteiger partial charge is 0.0994 e. The quantitative estimate of drug-likeness (QED) is 0.808. The molecule has 1 atom stereocenters. The molecule has 17 heavy (non-hydrogen) atoms. The second-order valence-corrected chi connectivity index (χ2v) is 4.07. The molecular formula is C11H18N6. The summed E-state index contributed by atoms with van der Waals surface area (Å²) >= 11 is 0. The Morgan fingerprint density at radius 1 is 1.35 bits per heavy atom. The van der Waals surface area contributed by atoms with E-state index in [1.807, 2.05) is 27.8 Å². The van der Waals surface area contributed by atoms with Crippen molar-refractivity contribution in [1.82, 2.24) is 24.8 Å². The molecule has 0 aromatic carbocycles. The second kappa shape index (κ2) is 5.58. The number of nitrogens with two attached hydrogens (primary N) is 1. The highest BCUT2D eigenvalue weighted by Crippen LogP contribution is 2.11. The van der Waals surface area contributed by atoms with Crippen molar-refractivity contribution >= 4 is 0 Å². The van der Waals surface area contributed by atoms with Crippen molar-refractivity contribution in [2.75, 3.05) is 0 Å². The first-order chi connectivity index (χ1) is 8.29. The number of aryl methyl sites for hydroxylation is 2. The lowest BCUT2D eigenvalue weighted by Crippen LogP contribution is -2.10. The van der Waals surface area contributed by atoms with Gasteiger partial charge in [-0.3, -0.25) is 9.36 Å². The molecule has 0 bridgehead atoms. The minimum Gasteiger partial charge on any atom is -0.323 e. The van der Waals surface area contributed by atoms with Crippen LogP contribution in [0.2, 0.25) is 0 Å². The predicted octanol–water partition coefficient (Wildman–Crippen LogP) is 0.975. The molecule has 0 aliphatic rings. The molecule has 6 heteroatoms. The van der Waals surface area contributed by atoms with Crippen LogP contribution in [-0.2, 0) is 13.1 Å². The summed E-state index contributed by atoms with van der Waals surface area (Å²) in [5.41, 5.74) is 6.84. The zero-order chi connectivity index (χ0) is 12.1. The first kappa shape index (κ1) is 11.8. The highest BCUT2D eigenvalue weighted by atomic mass is 15.4. The maximum atomic E-state index is 5.98. The van der Waals surface area contributed by atoms with Gasteiger partial charge in [-0.05, 0) is 12.5 Å². The van der Waals surface area contributed by atoms with Gasteiger partial charge in [0.05, 0.1) is 31.0 Å². The fourth-order valence-corrected chi connectivity index (χ4v) is 1.69. The molecule has 2 heterocycles. The zero-order valence-electron chi connectivity index (χ0n) is 10.0. The molecular weight excluding hydrogens is 216 g/mol. The van der Waals surface area contributed by atoms with Crippen molar-refractivity contribution in [3.05, 3.63) is 30.4 Å². The summed E-state index contributed by atoms with van der Waals surface area (Å²) in [6, 6.07) is 1.91. The van der Waals surface area contributed by atoms with Gasteiger partial charge in [-0.2, -0.15) is 5.10 Å². The summed E-state index contributed by atoms with van der Waals surface area (Å²) in [6.45, 7) is 3.66. The molecule has 0 spiro atoms. The number of aromatic nitrogens is 5. The minimum atomic E-state index is -0.00143. The zero-order valence-corrected chi connectivity index (χ0v) is 10.0. The Morgan fingerprint density at radius 3 is 2.88 bits per heavy atom. The van der Waals surface area contributed by atoms with E-state index in [1.54, 1.807) is 6.20 Å². The molecule has 2 aromatic heterocycles. The van der Waals surface area contributed by atoms with Gasteiger partial charge in [-0.1, -0.05) is 18.6 Å². The van der Waals surface area contributed by atoms with Crippen LogP contribution in [0.15, 0.2) is 24.7 Å². The average molecular weight is 234 g/mol. The summed E-state index contributed by atoms with van der Waals surface area (Å²) in [5, 5.41) is 12.3. The molecule has 2 rings (SSSR count). The molecule has 0 saturated carbocycles. The molecule has 0 saturated heterocycles. The third-order valence-electron chi connectivity index (χ3n) is 2.65. The summed E-state index contributed by atoms with van der Waals surface area (Å²) in [5.74, 6) is 0. The van der Waals surface area contributed by atoms with Gasteiger partial charge in [-0.15, -0.1) is 5.10 Å². The van der Waals surface area contributed by atoms with Crippen molar-refractivity contribution in [3.63, 3.8) is 0 Å². The van der Waals surface area contributed by atoms with E-state index in [4.69, 9.17) is 5.73 Å². The third-order valence-corrected chi connectivity index (χ3v) is 2.65. The predicted molar refractivity (Wildman–Crippen MR) is 64.1 cm³/mol. The van der Waals surface area contributed by atoms with Crippen molar-refractivity contribution < 1.29 is 0 Å². The molecule has 2 N–H and O–H groups in total. The molecule has 0 aliphatic heterocycles. The number of hydrogen-bond acceptors (Lipinski definition) is 4. The topological polar surface area (TPSA) is 74.5 Å². The van der Waals surface area contributed by atoms with Gasteiger partial charge in [0.25, 0.3) is 0 Å². The van der Waals surface area contributed by atoms with Crippen molar-refractivity contribution in [3.8, 4) is 0 Å². The fraction of sp³-hybridized carbons (Fsp3) is 0.545. The molecule has 6 nitrogen and oxygen atoms in total. The lowest BCUT2D eigenvalue weighted by Gasteiger charge is -2.04. The summed E-state index contributed by atoms with van der Waals surface area (Å²) < 4.78 is 3.68. The van der Waals surface area contributed by atoms with Crippen LogP contribution < -0.4 is 5.73 Å². The molecule has 92 valence electrons. The maximum Gasteiger partial charge on any atom is 0.0994 e. The Kier molecular flexibility index (Phi) is 3.87. The lowest BCUT2D eigenvalue weighted by atomic mass is 10.1. The van der Waals surface area contributed by atoms with Crippen molar-refractivity contribution in [2.45, 2.75) is 38.9 Å². The van der Waals surface area contributed by atoms with Gasteiger partial charge in [-0.25, -0.2) is 0 Å². The molecule has 1 unspecified atom stereocenters. The third kappa shape index (κ3) is 3.13. The van der Waals surface area contributed by atoms with Crippen LogP contribution in [-0.4, -0.2) is 24.8 Å². The Balaban J connectivity index is 1.89. The van der Waals surface area contributed by atoms with Gasteiger partial charge in [0.15, 0.2) is 0 Å². The molecule has 0 aliphatic carbocycles. The molecule has 0 amide bonds. The monoisotopic (exact) mass is 234 g/mol. The Hall–Kier alpha value is -1.69. The van der Waals surface area contributed by atoms with E-state index in [0.29, 0.717) is 0 Å². The average Bonchev–Trinajstić information content (AvgIpc) is 2.98. The molecule has 0 radical (unpaired) electrons. The molecule has 2 aromatic rings. The maximum absolute atomic E-state index is 5.98. The lowest BCUT2D eigenvalue weighted by molar-refractivity contribution is 0.490. The normalized spacial score (nSPS) is 12.8. The van der Waals surface area contributed by atoms with Gasteiger partial charge in [0.2, 0.25) is 0 Å². The van der Waals surface area contributed by atoms with Crippen molar-refractivity contribution in [2.24, 2.45) is 5.73 Å². The minimum absolute atomic E-state index is 0.00143. The van der Waals surface area contributed by atoms with Gasteiger partial charge >= 0.3 is 0 Å². The first-order valence-electron chi connectivity index (χ1n) is 5.92. The van der Waals surface area contributed by atoms with Crippen LogP contribution in [0.1, 0.15) is 31.5 Å². The summed E-state index contributed by atoms with van der Waals surface area (Å²) in [4.78, 5) is 0. The van der Waals surface area contributed by atoms with E-state index in [-0.39, 0.29) is 6.04 Å². The Morgan fingerprint density at radius 2 is 2.18 bits per heavy atom. The van der Waals surface area contributed by atoms with E-state index in [2.05, 4.69) is 22.3 Å². The number of hydrogen-bond donors (Lipinski definition) is 1. The van der Waals surface area contributed by atoms with E-state index in [9.17, 15) is 0 Å².